The summed E-state index contributed by atoms with van der Waals surface area (Å²) >= 11 is 6.76. The van der Waals surface area contributed by atoms with Crippen molar-refractivity contribution in [2.45, 2.75) is 88.8 Å². The van der Waals surface area contributed by atoms with Crippen molar-refractivity contribution in [3.05, 3.63) is 52.1 Å². The quantitative estimate of drug-likeness (QED) is 0.143. The maximum atomic E-state index is 14.0. The number of ether oxygens (including phenoxy) is 6. The number of anilines is 1. The molecular weight excluding hydrogens is 708 g/mol. The molecule has 0 aliphatic carbocycles. The molecule has 12 nitrogen and oxygen atoms in total. The number of benzene rings is 1. The Hall–Kier alpha value is -2.30. The number of amides is 2. The van der Waals surface area contributed by atoms with Crippen LogP contribution < -0.4 is 10.2 Å². The third-order valence-electron chi connectivity index (χ3n) is 9.45. The van der Waals surface area contributed by atoms with Crippen molar-refractivity contribution in [2.24, 2.45) is 5.92 Å². The highest BCUT2D eigenvalue weighted by Gasteiger charge is 2.64. The van der Waals surface area contributed by atoms with Crippen LogP contribution in [0.15, 0.2) is 35.9 Å². The van der Waals surface area contributed by atoms with Gasteiger partial charge in [-0.3, -0.25) is 10.1 Å². The van der Waals surface area contributed by atoms with Gasteiger partial charge in [0.25, 0.3) is 0 Å². The molecule has 0 aromatic heterocycles. The highest BCUT2D eigenvalue weighted by atomic mass is 35.5. The van der Waals surface area contributed by atoms with Gasteiger partial charge in [0, 0.05) is 39.4 Å². The molecule has 15 heteroatoms. The first-order chi connectivity index (χ1) is 23.7. The lowest BCUT2D eigenvalue weighted by molar-refractivity contribution is -0.168. The molecule has 278 valence electrons. The standard InChI is InChI=1S/C35H49ClN2O10S2/c1-20-10-9-11-27(44-7)35(42)18-25(46-33(41)37-35)22(3)31-34(4,48-31)28(47-32(40)26(43-6)19-45-12-13-50-49-8)17-29(39)38(5)24-16-23(14-20)15-21(2)30(24)36/h9-11,15-16,22,25-28,31,42H,12-14,17-19H2,1-8H3,(H,37,41)/b11-9+,20-10+/t22-,25?,26?,27-,28+,31+,34+,35+/m1/s1. The molecule has 50 heavy (non-hydrogen) atoms. The van der Waals surface area contributed by atoms with Gasteiger partial charge >= 0.3 is 12.1 Å². The van der Waals surface area contributed by atoms with Gasteiger partial charge in [-0.2, -0.15) is 0 Å². The molecule has 2 saturated heterocycles. The molecule has 1 aromatic carbocycles. The molecular formula is C35H49ClN2O10S2. The fourth-order valence-electron chi connectivity index (χ4n) is 6.46. The second-order valence-electron chi connectivity index (χ2n) is 13.1. The Morgan fingerprint density at radius 2 is 2.00 bits per heavy atom. The van der Waals surface area contributed by atoms with Gasteiger partial charge in [0.05, 0.1) is 36.4 Å². The average Bonchev–Trinajstić information content (AvgIpc) is 3.76. The molecule has 2 fully saturated rings. The molecule has 4 bridgehead atoms. The van der Waals surface area contributed by atoms with E-state index in [9.17, 15) is 19.5 Å². The van der Waals surface area contributed by atoms with Gasteiger partial charge in [-0.25, -0.2) is 9.59 Å². The smallest absolute Gasteiger partial charge is 0.409 e. The Balaban J connectivity index is 1.71. The Labute approximate surface area is 307 Å². The lowest BCUT2D eigenvalue weighted by Gasteiger charge is -2.42. The number of allylic oxidation sites excluding steroid dienone is 3. The Kier molecular flexibility index (Phi) is 14.1. The zero-order valence-corrected chi connectivity index (χ0v) is 32.2. The number of carbonyl (C=O) groups excluding carboxylic acids is 3. The van der Waals surface area contributed by atoms with E-state index in [2.05, 4.69) is 5.32 Å². The third-order valence-corrected chi connectivity index (χ3v) is 11.7. The number of methoxy groups -OCH3 is 2. The van der Waals surface area contributed by atoms with Crippen LogP contribution in [0.1, 0.15) is 44.7 Å². The molecule has 0 saturated carbocycles. The number of aliphatic hydroxyl groups is 1. The fourth-order valence-corrected chi connectivity index (χ4v) is 7.75. The summed E-state index contributed by atoms with van der Waals surface area (Å²) in [7, 11) is 7.73. The summed E-state index contributed by atoms with van der Waals surface area (Å²) in [5, 5.41) is 14.6. The largest absolute Gasteiger partial charge is 0.457 e. The van der Waals surface area contributed by atoms with E-state index >= 15 is 0 Å². The lowest BCUT2D eigenvalue weighted by Crippen LogP contribution is -2.63. The van der Waals surface area contributed by atoms with Crippen LogP contribution in [0.3, 0.4) is 0 Å². The molecule has 3 heterocycles. The minimum absolute atomic E-state index is 0.0188. The molecule has 0 spiro atoms. The van der Waals surface area contributed by atoms with Crippen molar-refractivity contribution in [2.75, 3.05) is 51.4 Å². The van der Waals surface area contributed by atoms with Crippen molar-refractivity contribution in [1.82, 2.24) is 5.32 Å². The summed E-state index contributed by atoms with van der Waals surface area (Å²) in [5.41, 5.74) is 0.289. The van der Waals surface area contributed by atoms with Crippen LogP contribution >= 0.6 is 33.2 Å². The fraction of sp³-hybridized carbons (Fsp3) is 0.629. The first kappa shape index (κ1) is 40.5. The second-order valence-corrected chi connectivity index (χ2v) is 16.2. The highest BCUT2D eigenvalue weighted by molar-refractivity contribution is 8.76. The summed E-state index contributed by atoms with van der Waals surface area (Å²) in [6.07, 6.45) is 2.38. The molecule has 2 N–H and O–H groups in total. The number of fused-ring (bicyclic) bond motifs is 5. The van der Waals surface area contributed by atoms with E-state index in [4.69, 9.17) is 40.0 Å². The minimum atomic E-state index is -1.79. The molecule has 1 aromatic rings. The number of carbonyl (C=O) groups is 3. The highest BCUT2D eigenvalue weighted by Crippen LogP contribution is 2.49. The number of nitrogens with one attached hydrogen (secondary N) is 1. The van der Waals surface area contributed by atoms with Crippen LogP contribution in [-0.4, -0.2) is 111 Å². The third kappa shape index (κ3) is 9.57. The number of alkyl carbamates (subject to hydrolysis) is 1. The van der Waals surface area contributed by atoms with Crippen molar-refractivity contribution in [3.63, 3.8) is 0 Å². The van der Waals surface area contributed by atoms with Crippen LogP contribution in [0.2, 0.25) is 5.02 Å². The number of aryl methyl sites for hydroxylation is 1. The monoisotopic (exact) mass is 756 g/mol. The Morgan fingerprint density at radius 1 is 1.26 bits per heavy atom. The number of nitrogens with zero attached hydrogens (tertiary/aromatic N) is 1. The summed E-state index contributed by atoms with van der Waals surface area (Å²) in [4.78, 5) is 41.8. The number of rotatable bonds is 10. The Morgan fingerprint density at radius 3 is 2.68 bits per heavy atom. The van der Waals surface area contributed by atoms with E-state index in [-0.39, 0.29) is 25.4 Å². The molecule has 0 radical (unpaired) electrons. The van der Waals surface area contributed by atoms with Crippen LogP contribution in [0, 0.1) is 12.8 Å². The normalized spacial score (nSPS) is 32.6. The first-order valence-corrected chi connectivity index (χ1v) is 19.6. The molecule has 2 amide bonds. The molecule has 2 unspecified atom stereocenters. The van der Waals surface area contributed by atoms with E-state index in [0.29, 0.717) is 23.7 Å². The van der Waals surface area contributed by atoms with Gasteiger partial charge in [0.1, 0.15) is 23.9 Å². The van der Waals surface area contributed by atoms with E-state index in [1.165, 1.54) is 19.1 Å². The number of hydrogen-bond acceptors (Lipinski definition) is 12. The molecule has 3 aliphatic rings. The summed E-state index contributed by atoms with van der Waals surface area (Å²) < 4.78 is 34.7. The number of esters is 1. The molecule has 4 rings (SSSR count). The summed E-state index contributed by atoms with van der Waals surface area (Å²) in [6, 6.07) is 3.84. The number of halogens is 1. The predicted molar refractivity (Wildman–Crippen MR) is 194 cm³/mol. The van der Waals surface area contributed by atoms with Gasteiger partial charge in [0.2, 0.25) is 5.91 Å². The van der Waals surface area contributed by atoms with Gasteiger partial charge in [-0.15, -0.1) is 0 Å². The second kappa shape index (κ2) is 17.5. The average molecular weight is 757 g/mol. The summed E-state index contributed by atoms with van der Waals surface area (Å²) in [6.45, 7) is 7.80. The van der Waals surface area contributed by atoms with Crippen molar-refractivity contribution in [3.8, 4) is 0 Å². The zero-order valence-electron chi connectivity index (χ0n) is 29.9. The van der Waals surface area contributed by atoms with E-state index in [1.54, 1.807) is 47.7 Å². The summed E-state index contributed by atoms with van der Waals surface area (Å²) in [5.74, 6) is -0.815. The van der Waals surface area contributed by atoms with E-state index in [1.807, 2.05) is 45.2 Å². The van der Waals surface area contributed by atoms with Crippen molar-refractivity contribution >= 4 is 56.8 Å². The van der Waals surface area contributed by atoms with Gasteiger partial charge in [-0.05, 0) is 50.6 Å². The van der Waals surface area contributed by atoms with Gasteiger partial charge < -0.3 is 38.4 Å². The van der Waals surface area contributed by atoms with Gasteiger partial charge in [-0.1, -0.05) is 70.0 Å². The number of epoxide rings is 1. The SMILES string of the molecule is COC(COCCSSC)C(=O)O[C@H]1CC(=O)N(C)c2cc(cc(C)c2Cl)C/C(C)=C/C=C/[C@@H](OC)[C@@]2(O)CC(OC(=O)N2)[C@@H](C)[C@@H]2O[C@@]12C. The van der Waals surface area contributed by atoms with Crippen molar-refractivity contribution < 1.29 is 47.9 Å². The maximum Gasteiger partial charge on any atom is 0.409 e. The van der Waals surface area contributed by atoms with E-state index < -0.39 is 59.8 Å². The Bertz CT molecular complexity index is 1460. The zero-order chi connectivity index (χ0) is 36.8. The maximum absolute atomic E-state index is 14.0. The van der Waals surface area contributed by atoms with Crippen LogP contribution in [0.4, 0.5) is 10.5 Å². The van der Waals surface area contributed by atoms with E-state index in [0.717, 1.165) is 22.5 Å². The lowest BCUT2D eigenvalue weighted by atomic mass is 9.83. The number of hydrogen-bond donors (Lipinski definition) is 2. The van der Waals surface area contributed by atoms with Crippen LogP contribution in [-0.2, 0) is 44.4 Å². The minimum Gasteiger partial charge on any atom is -0.457 e. The molecule has 3 aliphatic heterocycles. The van der Waals surface area contributed by atoms with Gasteiger partial charge in [0.15, 0.2) is 11.8 Å². The van der Waals surface area contributed by atoms with Crippen LogP contribution in [0.25, 0.3) is 0 Å². The van der Waals surface area contributed by atoms with Crippen LogP contribution in [0.5, 0.6) is 0 Å². The topological polar surface area (TPSA) is 145 Å². The van der Waals surface area contributed by atoms with Crippen molar-refractivity contribution in [1.29, 1.82) is 0 Å². The first-order valence-electron chi connectivity index (χ1n) is 16.4. The molecule has 8 atom stereocenters. The predicted octanol–water partition coefficient (Wildman–Crippen LogP) is 5.01.